The van der Waals surface area contributed by atoms with Gasteiger partial charge in [0.15, 0.2) is 11.5 Å². The van der Waals surface area contributed by atoms with E-state index in [9.17, 15) is 9.59 Å². The standard InChI is InChI=1S/C31H24ClN3O4/c1-19-12-14-25-23(16-19)28(22-10-6-7-11-24(22)32)29(34-25)30(36)35-33-18-20-13-15-26(27(17-20)38-2)39-31(37)21-8-4-3-5-9-21/h3-18,34H,1-2H3,(H,35,36). The van der Waals surface area contributed by atoms with E-state index in [4.69, 9.17) is 21.1 Å². The highest BCUT2D eigenvalue weighted by Crippen LogP contribution is 2.37. The molecule has 0 radical (unpaired) electrons. The summed E-state index contributed by atoms with van der Waals surface area (Å²) in [4.78, 5) is 28.9. The summed E-state index contributed by atoms with van der Waals surface area (Å²) in [5.74, 6) is -0.298. The van der Waals surface area contributed by atoms with Crippen LogP contribution in [0.2, 0.25) is 5.02 Å². The first kappa shape index (κ1) is 25.8. The molecule has 1 amide bonds. The van der Waals surface area contributed by atoms with Crippen molar-refractivity contribution in [2.45, 2.75) is 6.92 Å². The van der Waals surface area contributed by atoms with Gasteiger partial charge in [-0.2, -0.15) is 5.10 Å². The van der Waals surface area contributed by atoms with Gasteiger partial charge < -0.3 is 14.5 Å². The number of benzene rings is 4. The van der Waals surface area contributed by atoms with Gasteiger partial charge in [0.1, 0.15) is 5.69 Å². The van der Waals surface area contributed by atoms with Crippen molar-refractivity contribution in [3.05, 3.63) is 118 Å². The molecular weight excluding hydrogens is 514 g/mol. The molecule has 2 N–H and O–H groups in total. The average Bonchev–Trinajstić information content (AvgIpc) is 3.33. The Morgan fingerprint density at radius 3 is 2.46 bits per heavy atom. The highest BCUT2D eigenvalue weighted by molar-refractivity contribution is 6.34. The van der Waals surface area contributed by atoms with Crippen molar-refractivity contribution < 1.29 is 19.1 Å². The Hall–Kier alpha value is -4.88. The van der Waals surface area contributed by atoms with Crippen LogP contribution in [0.25, 0.3) is 22.0 Å². The third-order valence-corrected chi connectivity index (χ3v) is 6.43. The third-order valence-electron chi connectivity index (χ3n) is 6.10. The Balaban J connectivity index is 1.37. The number of amides is 1. The molecule has 0 atom stereocenters. The maximum absolute atomic E-state index is 13.2. The number of H-pyrrole nitrogens is 1. The van der Waals surface area contributed by atoms with Gasteiger partial charge in [0.25, 0.3) is 5.91 Å². The van der Waals surface area contributed by atoms with Crippen LogP contribution in [0.15, 0.2) is 96.1 Å². The van der Waals surface area contributed by atoms with E-state index in [1.165, 1.54) is 13.3 Å². The van der Waals surface area contributed by atoms with Crippen LogP contribution < -0.4 is 14.9 Å². The highest BCUT2D eigenvalue weighted by Gasteiger charge is 2.21. The average molecular weight is 538 g/mol. The Morgan fingerprint density at radius 2 is 1.69 bits per heavy atom. The van der Waals surface area contributed by atoms with Gasteiger partial charge in [-0.25, -0.2) is 10.2 Å². The molecule has 194 valence electrons. The Labute approximate surface area is 230 Å². The normalized spacial score (nSPS) is 11.1. The third kappa shape index (κ3) is 5.54. The van der Waals surface area contributed by atoms with Crippen LogP contribution in [0.3, 0.4) is 0 Å². The predicted molar refractivity (Wildman–Crippen MR) is 153 cm³/mol. The van der Waals surface area contributed by atoms with Crippen LogP contribution in [0.5, 0.6) is 11.5 Å². The second-order valence-electron chi connectivity index (χ2n) is 8.77. The van der Waals surface area contributed by atoms with Gasteiger partial charge in [0, 0.05) is 27.1 Å². The summed E-state index contributed by atoms with van der Waals surface area (Å²) in [5.41, 5.74) is 7.32. The lowest BCUT2D eigenvalue weighted by Crippen LogP contribution is -2.19. The van der Waals surface area contributed by atoms with E-state index in [1.54, 1.807) is 48.5 Å². The lowest BCUT2D eigenvalue weighted by atomic mass is 10.0. The number of aromatic amines is 1. The van der Waals surface area contributed by atoms with E-state index >= 15 is 0 Å². The van der Waals surface area contributed by atoms with E-state index in [0.717, 1.165) is 22.0 Å². The largest absolute Gasteiger partial charge is 0.493 e. The van der Waals surface area contributed by atoms with Gasteiger partial charge in [0.05, 0.1) is 18.9 Å². The number of carbonyl (C=O) groups excluding carboxylic acids is 2. The van der Waals surface area contributed by atoms with Crippen molar-refractivity contribution in [1.29, 1.82) is 0 Å². The molecule has 0 spiro atoms. The number of hydrazone groups is 1. The van der Waals surface area contributed by atoms with Gasteiger partial charge in [-0.3, -0.25) is 4.79 Å². The number of halogens is 1. The number of methoxy groups -OCH3 is 1. The molecule has 5 aromatic rings. The number of ether oxygens (including phenoxy) is 2. The molecule has 7 nitrogen and oxygen atoms in total. The van der Waals surface area contributed by atoms with Crippen molar-refractivity contribution in [1.82, 2.24) is 10.4 Å². The van der Waals surface area contributed by atoms with Gasteiger partial charge in [-0.15, -0.1) is 0 Å². The molecule has 0 aliphatic rings. The summed E-state index contributed by atoms with van der Waals surface area (Å²) >= 11 is 6.51. The van der Waals surface area contributed by atoms with Crippen LogP contribution in [-0.4, -0.2) is 30.2 Å². The molecule has 0 saturated heterocycles. The van der Waals surface area contributed by atoms with Crippen LogP contribution in [0.4, 0.5) is 0 Å². The molecule has 0 bridgehead atoms. The number of esters is 1. The van der Waals surface area contributed by atoms with E-state index in [0.29, 0.717) is 33.2 Å². The molecule has 1 heterocycles. The molecule has 0 fully saturated rings. The highest BCUT2D eigenvalue weighted by atomic mass is 35.5. The zero-order valence-electron chi connectivity index (χ0n) is 21.2. The monoisotopic (exact) mass is 537 g/mol. The second kappa shape index (κ2) is 11.2. The van der Waals surface area contributed by atoms with Crippen molar-refractivity contribution in [2.75, 3.05) is 7.11 Å². The SMILES string of the molecule is COc1cc(C=NNC(=O)c2[nH]c3ccc(C)cc3c2-c2ccccc2Cl)ccc1OC(=O)c1ccccc1. The van der Waals surface area contributed by atoms with Gasteiger partial charge >= 0.3 is 5.97 Å². The number of nitrogens with zero attached hydrogens (tertiary/aromatic N) is 1. The number of fused-ring (bicyclic) bond motifs is 1. The maximum atomic E-state index is 13.2. The van der Waals surface area contributed by atoms with E-state index in [-0.39, 0.29) is 5.75 Å². The molecule has 0 aliphatic carbocycles. The van der Waals surface area contributed by atoms with Crippen LogP contribution in [0.1, 0.15) is 32.0 Å². The van der Waals surface area contributed by atoms with Crippen molar-refractivity contribution in [3.8, 4) is 22.6 Å². The summed E-state index contributed by atoms with van der Waals surface area (Å²) in [7, 11) is 1.48. The topological polar surface area (TPSA) is 92.8 Å². The first-order valence-corrected chi connectivity index (χ1v) is 12.5. The molecule has 4 aromatic carbocycles. The fraction of sp³-hybridized carbons (Fsp3) is 0.0645. The number of aromatic nitrogens is 1. The van der Waals surface area contributed by atoms with E-state index in [2.05, 4.69) is 15.5 Å². The quantitative estimate of drug-likeness (QED) is 0.103. The summed E-state index contributed by atoms with van der Waals surface area (Å²) in [6, 6.07) is 27.0. The molecule has 0 unspecified atom stereocenters. The molecule has 8 heteroatoms. The Kier molecular flexibility index (Phi) is 7.43. The molecule has 5 rings (SSSR count). The molecule has 0 saturated carbocycles. The van der Waals surface area contributed by atoms with E-state index < -0.39 is 11.9 Å². The number of hydrogen-bond acceptors (Lipinski definition) is 5. The van der Waals surface area contributed by atoms with Crippen molar-refractivity contribution in [3.63, 3.8) is 0 Å². The molecule has 0 aliphatic heterocycles. The fourth-order valence-corrected chi connectivity index (χ4v) is 4.45. The second-order valence-corrected chi connectivity index (χ2v) is 9.18. The van der Waals surface area contributed by atoms with Crippen LogP contribution in [0, 0.1) is 6.92 Å². The zero-order valence-corrected chi connectivity index (χ0v) is 22.0. The minimum absolute atomic E-state index is 0.269. The zero-order chi connectivity index (χ0) is 27.4. The summed E-state index contributed by atoms with van der Waals surface area (Å²) < 4.78 is 10.9. The summed E-state index contributed by atoms with van der Waals surface area (Å²) in [6.45, 7) is 2.00. The lowest BCUT2D eigenvalue weighted by molar-refractivity contribution is 0.0729. The summed E-state index contributed by atoms with van der Waals surface area (Å²) in [5, 5.41) is 5.57. The maximum Gasteiger partial charge on any atom is 0.343 e. The Bertz CT molecular complexity index is 1710. The number of hydrogen-bond donors (Lipinski definition) is 2. The predicted octanol–water partition coefficient (Wildman–Crippen LogP) is 6.79. The number of rotatable bonds is 7. The van der Waals surface area contributed by atoms with Gasteiger partial charge in [-0.1, -0.05) is 59.6 Å². The number of nitrogens with one attached hydrogen (secondary N) is 2. The molecule has 1 aromatic heterocycles. The number of carbonyl (C=O) groups is 2. The van der Waals surface area contributed by atoms with Crippen LogP contribution >= 0.6 is 11.6 Å². The molecule has 39 heavy (non-hydrogen) atoms. The number of aryl methyl sites for hydroxylation is 1. The minimum Gasteiger partial charge on any atom is -0.493 e. The van der Waals surface area contributed by atoms with Gasteiger partial charge in [0.2, 0.25) is 0 Å². The first-order chi connectivity index (χ1) is 18.9. The van der Waals surface area contributed by atoms with Crippen molar-refractivity contribution >= 4 is 40.6 Å². The smallest absolute Gasteiger partial charge is 0.343 e. The minimum atomic E-state index is -0.495. The Morgan fingerprint density at radius 1 is 0.923 bits per heavy atom. The molecular formula is C31H24ClN3O4. The van der Waals surface area contributed by atoms with Crippen molar-refractivity contribution in [2.24, 2.45) is 5.10 Å². The van der Waals surface area contributed by atoms with E-state index in [1.807, 2.05) is 49.4 Å². The van der Waals surface area contributed by atoms with Crippen LogP contribution in [-0.2, 0) is 0 Å². The summed E-state index contributed by atoms with van der Waals surface area (Å²) in [6.07, 6.45) is 1.48. The van der Waals surface area contributed by atoms with Gasteiger partial charge in [-0.05, 0) is 61.0 Å². The lowest BCUT2D eigenvalue weighted by Gasteiger charge is -2.10. The fourth-order valence-electron chi connectivity index (χ4n) is 4.22. The first-order valence-electron chi connectivity index (χ1n) is 12.1.